The van der Waals surface area contributed by atoms with E-state index in [2.05, 4.69) is 27.8 Å². The molecule has 0 amide bonds. The molecule has 16 heavy (non-hydrogen) atoms. The first kappa shape index (κ1) is 12.8. The zero-order valence-corrected chi connectivity index (χ0v) is 10.4. The second kappa shape index (κ2) is 6.31. The van der Waals surface area contributed by atoms with E-state index in [0.29, 0.717) is 17.7 Å². The summed E-state index contributed by atoms with van der Waals surface area (Å²) in [6, 6.07) is 5.07. The second-order valence-corrected chi connectivity index (χ2v) is 3.82. The fourth-order valence-corrected chi connectivity index (χ4v) is 1.63. The van der Waals surface area contributed by atoms with Gasteiger partial charge in [-0.15, -0.1) is 0 Å². The minimum absolute atomic E-state index is 0.207. The Kier molecular flexibility index (Phi) is 5.03. The Morgan fingerprint density at radius 1 is 1.50 bits per heavy atom. The van der Waals surface area contributed by atoms with Crippen LogP contribution in [0.15, 0.2) is 22.7 Å². The van der Waals surface area contributed by atoms with Crippen molar-refractivity contribution >= 4 is 21.9 Å². The highest BCUT2D eigenvalue weighted by atomic mass is 79.9. The van der Waals surface area contributed by atoms with E-state index in [1.807, 2.05) is 0 Å². The maximum Gasteiger partial charge on any atom is 0.338 e. The topological polar surface area (TPSA) is 46.5 Å². The lowest BCUT2D eigenvalue weighted by Crippen LogP contribution is -2.04. The van der Waals surface area contributed by atoms with Gasteiger partial charge >= 0.3 is 5.97 Å². The second-order valence-electron chi connectivity index (χ2n) is 2.91. The van der Waals surface area contributed by atoms with Crippen LogP contribution in [0.2, 0.25) is 0 Å². The maximum atomic E-state index is 11.5. The molecule has 0 saturated carbocycles. The van der Waals surface area contributed by atoms with Crippen LogP contribution in [-0.4, -0.2) is 24.3 Å². The third kappa shape index (κ3) is 3.69. The SMILES string of the molecule is CCOC(=O)c1cc(Br)cc(C#CCO)c1. The molecule has 0 aromatic heterocycles. The molecule has 0 radical (unpaired) electrons. The van der Waals surface area contributed by atoms with E-state index in [0.717, 1.165) is 4.47 Å². The summed E-state index contributed by atoms with van der Waals surface area (Å²) < 4.78 is 5.64. The van der Waals surface area contributed by atoms with Gasteiger partial charge in [-0.25, -0.2) is 4.79 Å². The van der Waals surface area contributed by atoms with Gasteiger partial charge in [-0.1, -0.05) is 27.8 Å². The van der Waals surface area contributed by atoms with Gasteiger partial charge in [-0.2, -0.15) is 0 Å². The zero-order chi connectivity index (χ0) is 12.0. The van der Waals surface area contributed by atoms with Crippen molar-refractivity contribution in [1.82, 2.24) is 0 Å². The largest absolute Gasteiger partial charge is 0.462 e. The molecule has 84 valence electrons. The van der Waals surface area contributed by atoms with Crippen LogP contribution >= 0.6 is 15.9 Å². The molecule has 3 nitrogen and oxygen atoms in total. The Morgan fingerprint density at radius 2 is 2.25 bits per heavy atom. The van der Waals surface area contributed by atoms with Gasteiger partial charge in [0.15, 0.2) is 0 Å². The smallest absolute Gasteiger partial charge is 0.338 e. The van der Waals surface area contributed by atoms with E-state index in [-0.39, 0.29) is 12.6 Å². The summed E-state index contributed by atoms with van der Waals surface area (Å²) in [4.78, 5) is 11.5. The van der Waals surface area contributed by atoms with Crippen molar-refractivity contribution in [3.8, 4) is 11.8 Å². The van der Waals surface area contributed by atoms with Crippen molar-refractivity contribution in [2.75, 3.05) is 13.2 Å². The average molecular weight is 283 g/mol. The molecule has 0 fully saturated rings. The summed E-state index contributed by atoms with van der Waals surface area (Å²) in [7, 11) is 0. The standard InChI is InChI=1S/C12H11BrO3/c1-2-16-12(15)10-6-9(4-3-5-14)7-11(13)8-10/h6-8,14H,2,5H2,1H3. The van der Waals surface area contributed by atoms with E-state index >= 15 is 0 Å². The van der Waals surface area contributed by atoms with E-state index < -0.39 is 0 Å². The zero-order valence-electron chi connectivity index (χ0n) is 8.79. The summed E-state index contributed by atoms with van der Waals surface area (Å²) in [6.45, 7) is 1.88. The Hall–Kier alpha value is -1.31. The number of aliphatic hydroxyl groups excluding tert-OH is 1. The van der Waals surface area contributed by atoms with Crippen molar-refractivity contribution in [3.63, 3.8) is 0 Å². The van der Waals surface area contributed by atoms with E-state index in [9.17, 15) is 4.79 Å². The summed E-state index contributed by atoms with van der Waals surface area (Å²) in [5.41, 5.74) is 1.10. The molecule has 1 N–H and O–H groups in total. The van der Waals surface area contributed by atoms with Crippen molar-refractivity contribution < 1.29 is 14.6 Å². The van der Waals surface area contributed by atoms with Crippen LogP contribution in [0.3, 0.4) is 0 Å². The highest BCUT2D eigenvalue weighted by Crippen LogP contribution is 2.16. The van der Waals surface area contributed by atoms with E-state index in [4.69, 9.17) is 9.84 Å². The van der Waals surface area contributed by atoms with E-state index in [1.54, 1.807) is 25.1 Å². The number of carbonyl (C=O) groups is 1. The molecule has 4 heteroatoms. The maximum absolute atomic E-state index is 11.5. The number of rotatable bonds is 2. The van der Waals surface area contributed by atoms with Crippen molar-refractivity contribution in [2.24, 2.45) is 0 Å². The van der Waals surface area contributed by atoms with Crippen LogP contribution in [0.1, 0.15) is 22.8 Å². The molecule has 0 aliphatic rings. The lowest BCUT2D eigenvalue weighted by molar-refractivity contribution is 0.0526. The monoisotopic (exact) mass is 282 g/mol. The highest BCUT2D eigenvalue weighted by molar-refractivity contribution is 9.10. The molecule has 0 aliphatic carbocycles. The molecular weight excluding hydrogens is 272 g/mol. The van der Waals surface area contributed by atoms with E-state index in [1.165, 1.54) is 0 Å². The number of aliphatic hydroxyl groups is 1. The molecule has 0 aliphatic heterocycles. The molecule has 1 aromatic rings. The predicted molar refractivity (Wildman–Crippen MR) is 64.1 cm³/mol. The van der Waals surface area contributed by atoms with Crippen LogP contribution in [0.25, 0.3) is 0 Å². The van der Waals surface area contributed by atoms with Gasteiger partial charge in [0.05, 0.1) is 12.2 Å². The summed E-state index contributed by atoms with van der Waals surface area (Å²) in [6.07, 6.45) is 0. The Bertz CT molecular complexity index is 443. The number of carbonyl (C=O) groups excluding carboxylic acids is 1. The molecule has 0 bridgehead atoms. The number of hydrogen-bond donors (Lipinski definition) is 1. The molecule has 1 rings (SSSR count). The van der Waals surface area contributed by atoms with Gasteiger partial charge in [0.2, 0.25) is 0 Å². The van der Waals surface area contributed by atoms with Gasteiger partial charge in [-0.05, 0) is 25.1 Å². The van der Waals surface area contributed by atoms with Crippen LogP contribution < -0.4 is 0 Å². The quantitative estimate of drug-likeness (QED) is 0.666. The first-order valence-corrected chi connectivity index (χ1v) is 5.54. The van der Waals surface area contributed by atoms with Crippen molar-refractivity contribution in [2.45, 2.75) is 6.92 Å². The first-order chi connectivity index (χ1) is 7.67. The fraction of sp³-hybridized carbons (Fsp3) is 0.250. The molecule has 0 atom stereocenters. The highest BCUT2D eigenvalue weighted by Gasteiger charge is 2.07. The number of benzene rings is 1. The molecule has 0 heterocycles. The van der Waals surface area contributed by atoms with Crippen LogP contribution in [0.5, 0.6) is 0 Å². The molecule has 0 saturated heterocycles. The normalized spacial score (nSPS) is 9.19. The van der Waals surface area contributed by atoms with Crippen molar-refractivity contribution in [1.29, 1.82) is 0 Å². The van der Waals surface area contributed by atoms with Crippen LogP contribution in [0, 0.1) is 11.8 Å². The number of esters is 1. The summed E-state index contributed by atoms with van der Waals surface area (Å²) >= 11 is 3.29. The van der Waals surface area contributed by atoms with Gasteiger partial charge in [0.1, 0.15) is 6.61 Å². The molecular formula is C12H11BrO3. The predicted octanol–water partition coefficient (Wildman–Crippen LogP) is 1.97. The van der Waals surface area contributed by atoms with Gasteiger partial charge in [0.25, 0.3) is 0 Å². The third-order valence-corrected chi connectivity index (χ3v) is 2.18. The van der Waals surface area contributed by atoms with Gasteiger partial charge in [0, 0.05) is 10.0 Å². The Labute approximate surface area is 103 Å². The van der Waals surface area contributed by atoms with Gasteiger partial charge in [-0.3, -0.25) is 0 Å². The lowest BCUT2D eigenvalue weighted by Gasteiger charge is -2.03. The van der Waals surface area contributed by atoms with Crippen LogP contribution in [0.4, 0.5) is 0 Å². The third-order valence-electron chi connectivity index (χ3n) is 1.72. The van der Waals surface area contributed by atoms with Crippen molar-refractivity contribution in [3.05, 3.63) is 33.8 Å². The fourth-order valence-electron chi connectivity index (χ4n) is 1.14. The number of ether oxygens (including phenoxy) is 1. The number of hydrogen-bond acceptors (Lipinski definition) is 3. The minimum atomic E-state index is -0.379. The lowest BCUT2D eigenvalue weighted by atomic mass is 10.1. The molecule has 0 unspecified atom stereocenters. The average Bonchev–Trinajstić information content (AvgIpc) is 2.26. The first-order valence-electron chi connectivity index (χ1n) is 4.74. The van der Waals surface area contributed by atoms with Gasteiger partial charge < -0.3 is 9.84 Å². The Morgan fingerprint density at radius 3 is 2.88 bits per heavy atom. The number of halogens is 1. The summed E-state index contributed by atoms with van der Waals surface area (Å²) in [5, 5.41) is 8.58. The summed E-state index contributed by atoms with van der Waals surface area (Å²) in [5.74, 6) is 4.88. The Balaban J connectivity index is 3.02. The molecule has 0 spiro atoms. The van der Waals surface area contributed by atoms with Crippen LogP contribution in [-0.2, 0) is 4.74 Å². The minimum Gasteiger partial charge on any atom is -0.462 e. The molecule has 1 aromatic carbocycles.